The molecule has 13 heteroatoms. The molecule has 1 fully saturated rings. The van der Waals surface area contributed by atoms with Gasteiger partial charge in [0, 0.05) is 19.7 Å². The topological polar surface area (TPSA) is 133 Å². The van der Waals surface area contributed by atoms with Crippen LogP contribution in [0.15, 0.2) is 70.0 Å². The van der Waals surface area contributed by atoms with E-state index in [0.717, 1.165) is 44.0 Å². The average molecular weight is 682 g/mol. The van der Waals surface area contributed by atoms with Crippen molar-refractivity contribution in [2.75, 3.05) is 0 Å². The molecule has 0 N–H and O–H groups in total. The Morgan fingerprint density at radius 3 is 2.33 bits per heavy atom. The Balaban J connectivity index is 1.65. The van der Waals surface area contributed by atoms with Crippen molar-refractivity contribution in [3.63, 3.8) is 0 Å². The van der Waals surface area contributed by atoms with E-state index in [-0.39, 0.29) is 22.9 Å². The van der Waals surface area contributed by atoms with Crippen LogP contribution >= 0.6 is 50.3 Å². The molecular formula is C23H13BrIN3O7S. The molecular weight excluding hydrogens is 669 g/mol. The summed E-state index contributed by atoms with van der Waals surface area (Å²) in [5.74, 6) is -0.537. The standard InChI is InChI=1S/C23H13BrIN3O7S/c24-15-3-7-19(35-20-8-6-17(27(31)32)11-18(20)28(33)34)14(9-15)10-21-22(29)26(23(30)36-21)12-13-1-4-16(25)5-2-13/h1-11H,12H2/b21-10-. The molecule has 0 unspecified atom stereocenters. The van der Waals surface area contributed by atoms with Crippen LogP contribution in [0.2, 0.25) is 0 Å². The summed E-state index contributed by atoms with van der Waals surface area (Å²) in [5, 5.41) is 22.1. The minimum atomic E-state index is -0.781. The van der Waals surface area contributed by atoms with Crippen LogP contribution in [-0.2, 0) is 11.3 Å². The van der Waals surface area contributed by atoms with E-state index in [1.165, 1.54) is 12.1 Å². The van der Waals surface area contributed by atoms with Crippen LogP contribution in [0.25, 0.3) is 6.08 Å². The van der Waals surface area contributed by atoms with Gasteiger partial charge >= 0.3 is 5.69 Å². The van der Waals surface area contributed by atoms with Gasteiger partial charge in [-0.1, -0.05) is 28.1 Å². The van der Waals surface area contributed by atoms with E-state index in [2.05, 4.69) is 38.5 Å². The molecule has 1 saturated heterocycles. The lowest BCUT2D eigenvalue weighted by atomic mass is 10.1. The molecule has 0 bridgehead atoms. The molecule has 4 rings (SSSR count). The predicted molar refractivity (Wildman–Crippen MR) is 145 cm³/mol. The van der Waals surface area contributed by atoms with Crippen molar-refractivity contribution >= 4 is 78.9 Å². The summed E-state index contributed by atoms with van der Waals surface area (Å²) in [6.45, 7) is 0.121. The van der Waals surface area contributed by atoms with Crippen molar-refractivity contribution in [3.8, 4) is 11.5 Å². The third-order valence-corrected chi connectivity index (χ3v) is 7.08. The fourth-order valence-corrected chi connectivity index (χ4v) is 4.81. The number of hydrogen-bond acceptors (Lipinski definition) is 8. The van der Waals surface area contributed by atoms with Crippen molar-refractivity contribution in [2.24, 2.45) is 0 Å². The number of carbonyl (C=O) groups is 2. The molecule has 0 aromatic heterocycles. The minimum Gasteiger partial charge on any atom is -0.449 e. The molecule has 182 valence electrons. The molecule has 0 spiro atoms. The van der Waals surface area contributed by atoms with Gasteiger partial charge in [0.2, 0.25) is 5.75 Å². The van der Waals surface area contributed by atoms with E-state index in [0.29, 0.717) is 10.0 Å². The Morgan fingerprint density at radius 1 is 0.972 bits per heavy atom. The first-order valence-corrected chi connectivity index (χ1v) is 12.7. The van der Waals surface area contributed by atoms with Crippen molar-refractivity contribution < 1.29 is 24.2 Å². The molecule has 3 aromatic rings. The summed E-state index contributed by atoms with van der Waals surface area (Å²) in [6.07, 6.45) is 1.47. The monoisotopic (exact) mass is 681 g/mol. The molecule has 1 aliphatic heterocycles. The number of nitro benzene ring substituents is 2. The van der Waals surface area contributed by atoms with Gasteiger partial charge in [-0.05, 0) is 82.4 Å². The van der Waals surface area contributed by atoms with Crippen LogP contribution in [0.4, 0.5) is 16.2 Å². The van der Waals surface area contributed by atoms with E-state index in [1.807, 2.05) is 24.3 Å². The highest BCUT2D eigenvalue weighted by molar-refractivity contribution is 14.1. The zero-order valence-electron chi connectivity index (χ0n) is 17.9. The molecule has 2 amide bonds. The number of benzene rings is 3. The Hall–Kier alpha value is -3.30. The Bertz CT molecular complexity index is 1450. The normalized spacial score (nSPS) is 14.4. The fraction of sp³-hybridized carbons (Fsp3) is 0.0435. The number of non-ortho nitro benzene ring substituents is 1. The molecule has 1 heterocycles. The number of carbonyl (C=O) groups excluding carboxylic acids is 2. The van der Waals surface area contributed by atoms with Crippen LogP contribution in [-0.4, -0.2) is 25.9 Å². The van der Waals surface area contributed by atoms with Crippen molar-refractivity contribution in [3.05, 3.63) is 105 Å². The number of nitrogens with zero attached hydrogens (tertiary/aromatic N) is 3. The Morgan fingerprint density at radius 2 is 1.67 bits per heavy atom. The quantitative estimate of drug-likeness (QED) is 0.114. The van der Waals surface area contributed by atoms with Crippen LogP contribution in [0.5, 0.6) is 11.5 Å². The number of imide groups is 1. The number of rotatable bonds is 7. The Labute approximate surface area is 229 Å². The number of nitro groups is 2. The fourth-order valence-electron chi connectivity index (χ4n) is 3.24. The second-order valence-electron chi connectivity index (χ2n) is 7.34. The van der Waals surface area contributed by atoms with Gasteiger partial charge in [0.1, 0.15) is 5.75 Å². The maximum atomic E-state index is 13.0. The second kappa shape index (κ2) is 10.8. The van der Waals surface area contributed by atoms with Crippen molar-refractivity contribution in [2.45, 2.75) is 6.54 Å². The highest BCUT2D eigenvalue weighted by atomic mass is 127. The van der Waals surface area contributed by atoms with Gasteiger partial charge in [0.15, 0.2) is 0 Å². The van der Waals surface area contributed by atoms with Gasteiger partial charge in [-0.3, -0.25) is 34.7 Å². The third-order valence-electron chi connectivity index (χ3n) is 4.96. The van der Waals surface area contributed by atoms with E-state index < -0.39 is 32.4 Å². The lowest BCUT2D eigenvalue weighted by Crippen LogP contribution is -2.27. The molecule has 1 aliphatic rings. The number of amides is 2. The molecule has 0 aliphatic carbocycles. The Kier molecular flexibility index (Phi) is 7.70. The first kappa shape index (κ1) is 25.8. The zero-order chi connectivity index (χ0) is 26.0. The SMILES string of the molecule is O=C1S/C(=C\c2cc(Br)ccc2Oc2ccc([N+](=O)[O-])cc2[N+](=O)[O-])C(=O)N1Cc1ccc(I)cc1. The summed E-state index contributed by atoms with van der Waals surface area (Å²) in [6, 6.07) is 15.3. The van der Waals surface area contributed by atoms with Gasteiger partial charge in [0.05, 0.1) is 27.4 Å². The van der Waals surface area contributed by atoms with Gasteiger partial charge in [0.25, 0.3) is 16.8 Å². The zero-order valence-corrected chi connectivity index (χ0v) is 22.5. The lowest BCUT2D eigenvalue weighted by Gasteiger charge is -2.12. The molecule has 0 atom stereocenters. The van der Waals surface area contributed by atoms with Gasteiger partial charge in [-0.25, -0.2) is 0 Å². The molecule has 36 heavy (non-hydrogen) atoms. The van der Waals surface area contributed by atoms with Crippen LogP contribution in [0.3, 0.4) is 0 Å². The maximum absolute atomic E-state index is 13.0. The molecule has 0 radical (unpaired) electrons. The molecule has 10 nitrogen and oxygen atoms in total. The predicted octanol–water partition coefficient (Wildman–Crippen LogP) is 6.90. The maximum Gasteiger partial charge on any atom is 0.318 e. The minimum absolute atomic E-state index is 0.121. The van der Waals surface area contributed by atoms with E-state index >= 15 is 0 Å². The van der Waals surface area contributed by atoms with E-state index in [1.54, 1.807) is 12.1 Å². The average Bonchev–Trinajstić information content (AvgIpc) is 3.09. The van der Waals surface area contributed by atoms with E-state index in [9.17, 15) is 29.8 Å². The van der Waals surface area contributed by atoms with Gasteiger partial charge < -0.3 is 4.74 Å². The number of halogens is 2. The molecule has 0 saturated carbocycles. The smallest absolute Gasteiger partial charge is 0.318 e. The highest BCUT2D eigenvalue weighted by Gasteiger charge is 2.35. The third kappa shape index (κ3) is 5.74. The number of hydrogen-bond donors (Lipinski definition) is 0. The summed E-state index contributed by atoms with van der Waals surface area (Å²) in [7, 11) is 0. The first-order chi connectivity index (χ1) is 17.1. The van der Waals surface area contributed by atoms with Crippen molar-refractivity contribution in [1.82, 2.24) is 4.90 Å². The largest absolute Gasteiger partial charge is 0.449 e. The highest BCUT2D eigenvalue weighted by Crippen LogP contribution is 2.39. The first-order valence-electron chi connectivity index (χ1n) is 10.0. The van der Waals surface area contributed by atoms with Crippen LogP contribution < -0.4 is 4.74 Å². The van der Waals surface area contributed by atoms with Gasteiger partial charge in [-0.2, -0.15) is 0 Å². The van der Waals surface area contributed by atoms with Crippen LogP contribution in [0.1, 0.15) is 11.1 Å². The summed E-state index contributed by atoms with van der Waals surface area (Å²) in [4.78, 5) is 47.8. The summed E-state index contributed by atoms with van der Waals surface area (Å²) < 4.78 is 7.41. The summed E-state index contributed by atoms with van der Waals surface area (Å²) >= 11 is 6.29. The van der Waals surface area contributed by atoms with E-state index in [4.69, 9.17) is 4.74 Å². The number of ether oxygens (including phenoxy) is 1. The second-order valence-corrected chi connectivity index (χ2v) is 10.5. The lowest BCUT2D eigenvalue weighted by molar-refractivity contribution is -0.394. The molecule has 3 aromatic carbocycles. The van der Waals surface area contributed by atoms with Crippen LogP contribution in [0, 0.1) is 23.8 Å². The van der Waals surface area contributed by atoms with Crippen molar-refractivity contribution in [1.29, 1.82) is 0 Å². The van der Waals surface area contributed by atoms with Gasteiger partial charge in [-0.15, -0.1) is 0 Å². The summed E-state index contributed by atoms with van der Waals surface area (Å²) in [5.41, 5.74) is 0.135. The number of thioether (sulfide) groups is 1.